The monoisotopic (exact) mass is 346 g/mol. The van der Waals surface area contributed by atoms with Gasteiger partial charge in [0.1, 0.15) is 5.75 Å². The molecule has 0 fully saturated rings. The van der Waals surface area contributed by atoms with E-state index in [1.165, 1.54) is 6.92 Å². The summed E-state index contributed by atoms with van der Waals surface area (Å²) in [7, 11) is 0. The molecule has 0 radical (unpaired) electrons. The van der Waals surface area contributed by atoms with Gasteiger partial charge in [0.2, 0.25) is 0 Å². The van der Waals surface area contributed by atoms with Crippen LogP contribution in [0.5, 0.6) is 5.75 Å². The quantitative estimate of drug-likeness (QED) is 0.523. The number of hydrogen-bond acceptors (Lipinski definition) is 4. The Labute approximate surface area is 151 Å². The van der Waals surface area contributed by atoms with Gasteiger partial charge in [0.25, 0.3) is 5.91 Å². The Hall–Kier alpha value is -3.60. The standard InChI is InChI=1S/C21H18N2O3/c1-15(24)26-20-13-7-16(8-14-20)21(25)23-19-11-9-18(10-12-19)22-17-5-3-2-4-6-17/h2-14,22H,1H3,(H,23,25). The highest BCUT2D eigenvalue weighted by Gasteiger charge is 2.07. The van der Waals surface area contributed by atoms with Crippen molar-refractivity contribution in [2.24, 2.45) is 0 Å². The third-order valence-electron chi connectivity index (χ3n) is 3.58. The molecule has 0 atom stereocenters. The van der Waals surface area contributed by atoms with Crippen molar-refractivity contribution in [3.63, 3.8) is 0 Å². The Morgan fingerprint density at radius 1 is 0.731 bits per heavy atom. The van der Waals surface area contributed by atoms with E-state index < -0.39 is 5.97 Å². The van der Waals surface area contributed by atoms with Crippen LogP contribution in [0, 0.1) is 0 Å². The van der Waals surface area contributed by atoms with Crippen LogP contribution in [0.15, 0.2) is 78.9 Å². The van der Waals surface area contributed by atoms with Crippen molar-refractivity contribution < 1.29 is 14.3 Å². The lowest BCUT2D eigenvalue weighted by atomic mass is 10.2. The van der Waals surface area contributed by atoms with Crippen molar-refractivity contribution in [2.75, 3.05) is 10.6 Å². The van der Waals surface area contributed by atoms with Gasteiger partial charge >= 0.3 is 5.97 Å². The summed E-state index contributed by atoms with van der Waals surface area (Å²) in [5.74, 6) is -0.222. The molecule has 3 aromatic rings. The molecular formula is C21H18N2O3. The minimum absolute atomic E-state index is 0.233. The molecule has 1 amide bonds. The van der Waals surface area contributed by atoms with E-state index in [9.17, 15) is 9.59 Å². The number of benzene rings is 3. The summed E-state index contributed by atoms with van der Waals surface area (Å²) in [6, 6.07) is 23.7. The topological polar surface area (TPSA) is 67.4 Å². The Bertz CT molecular complexity index is 889. The molecule has 0 heterocycles. The Morgan fingerprint density at radius 3 is 1.92 bits per heavy atom. The second-order valence-corrected chi connectivity index (χ2v) is 5.64. The van der Waals surface area contributed by atoms with Crippen LogP contribution in [-0.2, 0) is 4.79 Å². The van der Waals surface area contributed by atoms with E-state index in [0.29, 0.717) is 17.0 Å². The maximum Gasteiger partial charge on any atom is 0.308 e. The van der Waals surface area contributed by atoms with E-state index in [1.54, 1.807) is 24.3 Å². The molecule has 0 saturated carbocycles. The van der Waals surface area contributed by atoms with Crippen LogP contribution >= 0.6 is 0 Å². The molecule has 0 aliphatic heterocycles. The number of nitrogens with one attached hydrogen (secondary N) is 2. The van der Waals surface area contributed by atoms with Crippen LogP contribution in [0.25, 0.3) is 0 Å². The molecule has 0 saturated heterocycles. The number of rotatable bonds is 5. The van der Waals surface area contributed by atoms with E-state index in [0.717, 1.165) is 11.4 Å². The Kier molecular flexibility index (Phi) is 5.29. The van der Waals surface area contributed by atoms with Crippen molar-refractivity contribution in [1.29, 1.82) is 0 Å². The molecule has 5 heteroatoms. The highest BCUT2D eigenvalue weighted by molar-refractivity contribution is 6.04. The fourth-order valence-corrected chi connectivity index (χ4v) is 2.37. The van der Waals surface area contributed by atoms with E-state index in [1.807, 2.05) is 54.6 Å². The van der Waals surface area contributed by atoms with E-state index in [2.05, 4.69) is 10.6 Å². The molecular weight excluding hydrogens is 328 g/mol. The fraction of sp³-hybridized carbons (Fsp3) is 0.0476. The van der Waals surface area contributed by atoms with E-state index in [-0.39, 0.29) is 5.91 Å². The number of ether oxygens (including phenoxy) is 1. The van der Waals surface area contributed by atoms with Gasteiger partial charge in [0, 0.05) is 29.5 Å². The maximum atomic E-state index is 12.3. The van der Waals surface area contributed by atoms with Crippen molar-refractivity contribution in [3.05, 3.63) is 84.4 Å². The molecule has 0 unspecified atom stereocenters. The smallest absolute Gasteiger partial charge is 0.308 e. The second kappa shape index (κ2) is 7.98. The first-order valence-corrected chi connectivity index (χ1v) is 8.12. The lowest BCUT2D eigenvalue weighted by Gasteiger charge is -2.09. The summed E-state index contributed by atoms with van der Waals surface area (Å²) in [4.78, 5) is 23.2. The summed E-state index contributed by atoms with van der Waals surface area (Å²) in [6.45, 7) is 1.33. The molecule has 2 N–H and O–H groups in total. The van der Waals surface area contributed by atoms with Crippen LogP contribution in [0.4, 0.5) is 17.1 Å². The van der Waals surface area contributed by atoms with Crippen LogP contribution in [0.1, 0.15) is 17.3 Å². The van der Waals surface area contributed by atoms with Gasteiger partial charge in [-0.15, -0.1) is 0 Å². The van der Waals surface area contributed by atoms with E-state index >= 15 is 0 Å². The van der Waals surface area contributed by atoms with Gasteiger partial charge in [-0.3, -0.25) is 9.59 Å². The molecule has 0 bridgehead atoms. The maximum absolute atomic E-state index is 12.3. The van der Waals surface area contributed by atoms with Crippen molar-refractivity contribution in [3.8, 4) is 5.75 Å². The molecule has 130 valence electrons. The lowest BCUT2D eigenvalue weighted by Crippen LogP contribution is -2.11. The number of carbonyl (C=O) groups is 2. The SMILES string of the molecule is CC(=O)Oc1ccc(C(=O)Nc2ccc(Nc3ccccc3)cc2)cc1. The predicted molar refractivity (Wildman–Crippen MR) is 102 cm³/mol. The number of esters is 1. The number of carbonyl (C=O) groups excluding carboxylic acids is 2. The average Bonchev–Trinajstić information content (AvgIpc) is 2.64. The number of anilines is 3. The fourth-order valence-electron chi connectivity index (χ4n) is 2.37. The molecule has 3 aromatic carbocycles. The van der Waals surface area contributed by atoms with Gasteiger partial charge in [-0.25, -0.2) is 0 Å². The first kappa shape index (κ1) is 17.2. The second-order valence-electron chi connectivity index (χ2n) is 5.64. The van der Waals surface area contributed by atoms with Gasteiger partial charge in [-0.1, -0.05) is 18.2 Å². The third-order valence-corrected chi connectivity index (χ3v) is 3.58. The van der Waals surface area contributed by atoms with E-state index in [4.69, 9.17) is 4.74 Å². The number of amides is 1. The van der Waals surface area contributed by atoms with Gasteiger partial charge in [-0.05, 0) is 60.7 Å². The first-order valence-electron chi connectivity index (χ1n) is 8.12. The van der Waals surface area contributed by atoms with Gasteiger partial charge in [0.05, 0.1) is 0 Å². The molecule has 3 rings (SSSR count). The highest BCUT2D eigenvalue weighted by Crippen LogP contribution is 2.19. The van der Waals surface area contributed by atoms with Crippen LogP contribution < -0.4 is 15.4 Å². The molecule has 5 nitrogen and oxygen atoms in total. The van der Waals surface area contributed by atoms with Crippen molar-refractivity contribution in [2.45, 2.75) is 6.92 Å². The lowest BCUT2D eigenvalue weighted by molar-refractivity contribution is -0.131. The minimum atomic E-state index is -0.397. The zero-order valence-electron chi connectivity index (χ0n) is 14.2. The number of para-hydroxylation sites is 1. The largest absolute Gasteiger partial charge is 0.427 e. The molecule has 26 heavy (non-hydrogen) atoms. The van der Waals surface area contributed by atoms with Gasteiger partial charge in [-0.2, -0.15) is 0 Å². The summed E-state index contributed by atoms with van der Waals surface area (Å²) >= 11 is 0. The van der Waals surface area contributed by atoms with Crippen LogP contribution in [0.2, 0.25) is 0 Å². The zero-order valence-corrected chi connectivity index (χ0v) is 14.2. The predicted octanol–water partition coefficient (Wildman–Crippen LogP) is 4.61. The highest BCUT2D eigenvalue weighted by atomic mass is 16.5. The van der Waals surface area contributed by atoms with Gasteiger partial charge < -0.3 is 15.4 Å². The minimum Gasteiger partial charge on any atom is -0.427 e. The molecule has 0 aliphatic carbocycles. The Balaban J connectivity index is 1.61. The normalized spacial score (nSPS) is 10.0. The van der Waals surface area contributed by atoms with Crippen LogP contribution in [-0.4, -0.2) is 11.9 Å². The summed E-state index contributed by atoms with van der Waals surface area (Å²) in [5, 5.41) is 6.12. The third kappa shape index (κ3) is 4.70. The average molecular weight is 346 g/mol. The van der Waals surface area contributed by atoms with Crippen molar-refractivity contribution in [1.82, 2.24) is 0 Å². The molecule has 0 aromatic heterocycles. The zero-order chi connectivity index (χ0) is 18.4. The van der Waals surface area contributed by atoms with Crippen LogP contribution in [0.3, 0.4) is 0 Å². The molecule has 0 spiro atoms. The number of hydrogen-bond donors (Lipinski definition) is 2. The Morgan fingerprint density at radius 2 is 1.31 bits per heavy atom. The first-order chi connectivity index (χ1) is 12.6. The summed E-state index contributed by atoms with van der Waals surface area (Å²) < 4.78 is 4.95. The van der Waals surface area contributed by atoms with Gasteiger partial charge in [0.15, 0.2) is 0 Å². The van der Waals surface area contributed by atoms with Crippen molar-refractivity contribution >= 4 is 28.9 Å². The summed E-state index contributed by atoms with van der Waals surface area (Å²) in [6.07, 6.45) is 0. The summed E-state index contributed by atoms with van der Waals surface area (Å²) in [5.41, 5.74) is 3.10. The molecule has 0 aliphatic rings.